The topological polar surface area (TPSA) is 92.6 Å². The fraction of sp³-hybridized carbons (Fsp3) is 0.235. The van der Waals surface area contributed by atoms with E-state index in [1.54, 1.807) is 31.8 Å². The summed E-state index contributed by atoms with van der Waals surface area (Å²) < 4.78 is 6.88. The number of benzene rings is 1. The van der Waals surface area contributed by atoms with E-state index in [0.29, 0.717) is 23.6 Å². The molecule has 0 aliphatic carbocycles. The van der Waals surface area contributed by atoms with Crippen LogP contribution in [0.25, 0.3) is 5.65 Å². The molecule has 0 spiro atoms. The third kappa shape index (κ3) is 3.47. The maximum atomic E-state index is 11.7. The molecule has 0 unspecified atom stereocenters. The van der Waals surface area contributed by atoms with Crippen LogP contribution in [0.1, 0.15) is 13.3 Å². The van der Waals surface area contributed by atoms with Gasteiger partial charge in [-0.2, -0.15) is 9.61 Å². The van der Waals surface area contributed by atoms with Crippen LogP contribution in [0.5, 0.6) is 5.75 Å². The fourth-order valence-corrected chi connectivity index (χ4v) is 2.38. The molecular formula is C17H20N6O2. The molecule has 0 atom stereocenters. The zero-order valence-electron chi connectivity index (χ0n) is 14.3. The minimum Gasteiger partial charge on any atom is -0.497 e. The maximum Gasteiger partial charge on any atom is 0.224 e. The first-order chi connectivity index (χ1) is 12.1. The molecule has 3 rings (SSSR count). The highest BCUT2D eigenvalue weighted by atomic mass is 16.5. The predicted octanol–water partition coefficient (Wildman–Crippen LogP) is 2.87. The molecule has 0 saturated heterocycles. The highest BCUT2D eigenvalue weighted by molar-refractivity contribution is 5.94. The molecule has 3 aromatic rings. The Hall–Kier alpha value is -3.29. The van der Waals surface area contributed by atoms with Gasteiger partial charge in [0, 0.05) is 31.3 Å². The molecule has 0 aliphatic rings. The summed E-state index contributed by atoms with van der Waals surface area (Å²) in [6.07, 6.45) is 1.98. The summed E-state index contributed by atoms with van der Waals surface area (Å²) in [5, 5.41) is 13.4. The van der Waals surface area contributed by atoms with Crippen molar-refractivity contribution < 1.29 is 9.53 Å². The Morgan fingerprint density at radius 1 is 1.32 bits per heavy atom. The van der Waals surface area contributed by atoms with Gasteiger partial charge in [0.25, 0.3) is 0 Å². The van der Waals surface area contributed by atoms with Crippen LogP contribution >= 0.6 is 0 Å². The lowest BCUT2D eigenvalue weighted by molar-refractivity contribution is -0.115. The largest absolute Gasteiger partial charge is 0.497 e. The standard InChI is InChI=1S/C17H20N6O2/c1-4-16(24)21-13-10-19-23-15(18-2)9-14(22-17(13)23)20-11-6-5-7-12(8-11)25-3/h5-10,18H,4H2,1-3H3,(H,20,22)(H,21,24). The number of carbonyl (C=O) groups excluding carboxylic acids is 1. The maximum absolute atomic E-state index is 11.7. The summed E-state index contributed by atoms with van der Waals surface area (Å²) in [5.41, 5.74) is 1.97. The molecule has 1 aromatic carbocycles. The van der Waals surface area contributed by atoms with Crippen LogP contribution < -0.4 is 20.7 Å². The second kappa shape index (κ2) is 7.08. The van der Waals surface area contributed by atoms with Gasteiger partial charge in [-0.1, -0.05) is 13.0 Å². The quantitative estimate of drug-likeness (QED) is 0.639. The number of nitrogens with zero attached hydrogens (tertiary/aromatic N) is 3. The van der Waals surface area contributed by atoms with Crippen molar-refractivity contribution >= 4 is 34.6 Å². The van der Waals surface area contributed by atoms with E-state index >= 15 is 0 Å². The van der Waals surface area contributed by atoms with Crippen molar-refractivity contribution in [2.45, 2.75) is 13.3 Å². The minimum atomic E-state index is -0.0890. The molecule has 25 heavy (non-hydrogen) atoms. The number of ether oxygens (including phenoxy) is 1. The first kappa shape index (κ1) is 16.6. The van der Waals surface area contributed by atoms with Gasteiger partial charge in [0.15, 0.2) is 5.65 Å². The van der Waals surface area contributed by atoms with E-state index in [1.807, 2.05) is 30.3 Å². The second-order valence-electron chi connectivity index (χ2n) is 5.33. The molecule has 130 valence electrons. The van der Waals surface area contributed by atoms with E-state index in [2.05, 4.69) is 26.0 Å². The van der Waals surface area contributed by atoms with Gasteiger partial charge in [0.1, 0.15) is 23.1 Å². The molecule has 0 bridgehead atoms. The molecule has 3 N–H and O–H groups in total. The van der Waals surface area contributed by atoms with Crippen LogP contribution in [0.2, 0.25) is 0 Å². The van der Waals surface area contributed by atoms with E-state index in [-0.39, 0.29) is 5.91 Å². The van der Waals surface area contributed by atoms with Gasteiger partial charge in [-0.3, -0.25) is 4.79 Å². The summed E-state index contributed by atoms with van der Waals surface area (Å²) in [4.78, 5) is 16.3. The number of anilines is 4. The zero-order chi connectivity index (χ0) is 17.8. The Labute approximate surface area is 145 Å². The molecule has 2 aromatic heterocycles. The van der Waals surface area contributed by atoms with Gasteiger partial charge in [-0.05, 0) is 12.1 Å². The number of aromatic nitrogens is 3. The lowest BCUT2D eigenvalue weighted by atomic mass is 10.3. The van der Waals surface area contributed by atoms with Crippen molar-refractivity contribution in [3.63, 3.8) is 0 Å². The summed E-state index contributed by atoms with van der Waals surface area (Å²) in [6.45, 7) is 1.79. The zero-order valence-corrected chi connectivity index (χ0v) is 14.3. The summed E-state index contributed by atoms with van der Waals surface area (Å²) in [5.74, 6) is 2.03. The van der Waals surface area contributed by atoms with Crippen molar-refractivity contribution in [2.75, 3.05) is 30.1 Å². The van der Waals surface area contributed by atoms with Gasteiger partial charge in [0.2, 0.25) is 5.91 Å². The normalized spacial score (nSPS) is 10.5. The monoisotopic (exact) mass is 340 g/mol. The molecular weight excluding hydrogens is 320 g/mol. The molecule has 8 nitrogen and oxygen atoms in total. The van der Waals surface area contributed by atoms with Crippen LogP contribution in [-0.2, 0) is 4.79 Å². The fourth-order valence-electron chi connectivity index (χ4n) is 2.38. The number of methoxy groups -OCH3 is 1. The van der Waals surface area contributed by atoms with Crippen LogP contribution in [0.3, 0.4) is 0 Å². The average Bonchev–Trinajstić information content (AvgIpc) is 3.03. The number of carbonyl (C=O) groups is 1. The Bertz CT molecular complexity index is 905. The summed E-state index contributed by atoms with van der Waals surface area (Å²) >= 11 is 0. The van der Waals surface area contributed by atoms with Crippen molar-refractivity contribution in [2.24, 2.45) is 0 Å². The number of amides is 1. The Balaban J connectivity index is 2.00. The van der Waals surface area contributed by atoms with Crippen LogP contribution in [0.15, 0.2) is 36.5 Å². The molecule has 0 radical (unpaired) electrons. The first-order valence-corrected chi connectivity index (χ1v) is 7.92. The van der Waals surface area contributed by atoms with Gasteiger partial charge >= 0.3 is 0 Å². The van der Waals surface area contributed by atoms with Gasteiger partial charge < -0.3 is 20.7 Å². The number of nitrogens with one attached hydrogen (secondary N) is 3. The number of hydrogen-bond acceptors (Lipinski definition) is 6. The van der Waals surface area contributed by atoms with Crippen molar-refractivity contribution in [1.29, 1.82) is 0 Å². The summed E-state index contributed by atoms with van der Waals surface area (Å²) in [7, 11) is 3.42. The number of rotatable bonds is 6. The smallest absolute Gasteiger partial charge is 0.224 e. The third-order valence-electron chi connectivity index (χ3n) is 3.67. The Kier molecular flexibility index (Phi) is 4.69. The van der Waals surface area contributed by atoms with Crippen LogP contribution in [0.4, 0.5) is 23.0 Å². The lowest BCUT2D eigenvalue weighted by Crippen LogP contribution is -2.10. The van der Waals surface area contributed by atoms with E-state index in [4.69, 9.17) is 4.74 Å². The highest BCUT2D eigenvalue weighted by Gasteiger charge is 2.13. The Morgan fingerprint density at radius 3 is 2.88 bits per heavy atom. The van der Waals surface area contributed by atoms with Crippen molar-refractivity contribution in [3.05, 3.63) is 36.5 Å². The molecule has 0 fully saturated rings. The average molecular weight is 340 g/mol. The Morgan fingerprint density at radius 2 is 2.16 bits per heavy atom. The molecule has 0 saturated carbocycles. The summed E-state index contributed by atoms with van der Waals surface area (Å²) in [6, 6.07) is 9.40. The van der Waals surface area contributed by atoms with Gasteiger partial charge in [-0.25, -0.2) is 4.98 Å². The first-order valence-electron chi connectivity index (χ1n) is 7.92. The van der Waals surface area contributed by atoms with E-state index in [1.165, 1.54) is 0 Å². The minimum absolute atomic E-state index is 0.0890. The predicted molar refractivity (Wildman–Crippen MR) is 97.7 cm³/mol. The highest BCUT2D eigenvalue weighted by Crippen LogP contribution is 2.25. The van der Waals surface area contributed by atoms with Crippen LogP contribution in [0, 0.1) is 0 Å². The molecule has 0 aliphatic heterocycles. The SMILES string of the molecule is CCC(=O)Nc1cnn2c(NC)cc(Nc3cccc(OC)c3)nc12. The van der Waals surface area contributed by atoms with Crippen molar-refractivity contribution in [1.82, 2.24) is 14.6 Å². The second-order valence-corrected chi connectivity index (χ2v) is 5.33. The number of fused-ring (bicyclic) bond motifs is 1. The van der Waals surface area contributed by atoms with Gasteiger partial charge in [-0.15, -0.1) is 0 Å². The van der Waals surface area contributed by atoms with Gasteiger partial charge in [0.05, 0.1) is 13.3 Å². The number of hydrogen-bond donors (Lipinski definition) is 3. The van der Waals surface area contributed by atoms with Crippen LogP contribution in [-0.4, -0.2) is 34.7 Å². The lowest BCUT2D eigenvalue weighted by Gasteiger charge is -2.11. The van der Waals surface area contributed by atoms with E-state index in [0.717, 1.165) is 17.3 Å². The van der Waals surface area contributed by atoms with E-state index < -0.39 is 0 Å². The molecule has 8 heteroatoms. The van der Waals surface area contributed by atoms with Crippen molar-refractivity contribution in [3.8, 4) is 5.75 Å². The third-order valence-corrected chi connectivity index (χ3v) is 3.67. The van der Waals surface area contributed by atoms with E-state index in [9.17, 15) is 4.79 Å². The molecule has 2 heterocycles. The molecule has 1 amide bonds.